The summed E-state index contributed by atoms with van der Waals surface area (Å²) in [4.78, 5) is 7.03. The highest BCUT2D eigenvalue weighted by Crippen LogP contribution is 2.20. The number of H-pyrrole nitrogens is 1. The maximum absolute atomic E-state index is 6.04. The lowest BCUT2D eigenvalue weighted by molar-refractivity contribution is 0.0369. The van der Waals surface area contributed by atoms with E-state index in [4.69, 9.17) is 28.6 Å². The fourth-order valence-electron chi connectivity index (χ4n) is 3.06. The number of nitrogens with zero attached hydrogens (tertiary/aromatic N) is 5. The number of imidazole rings is 1. The van der Waals surface area contributed by atoms with Crippen molar-refractivity contribution >= 4 is 29.5 Å². The Morgan fingerprint density at radius 3 is 2.81 bits per heavy atom. The van der Waals surface area contributed by atoms with Gasteiger partial charge in [-0.2, -0.15) is 5.10 Å². The number of halogens is 1. The van der Waals surface area contributed by atoms with Crippen LogP contribution in [-0.4, -0.2) is 61.9 Å². The van der Waals surface area contributed by atoms with Gasteiger partial charge in [0.15, 0.2) is 10.6 Å². The molecule has 3 aromatic heterocycles. The van der Waals surface area contributed by atoms with E-state index in [0.29, 0.717) is 9.79 Å². The van der Waals surface area contributed by atoms with Gasteiger partial charge in [-0.25, -0.2) is 4.98 Å². The van der Waals surface area contributed by atoms with Gasteiger partial charge in [-0.15, -0.1) is 0 Å². The Balaban J connectivity index is 0.00000102. The third kappa shape index (κ3) is 4.76. The maximum atomic E-state index is 6.04. The van der Waals surface area contributed by atoms with Crippen LogP contribution in [0.1, 0.15) is 20.3 Å². The van der Waals surface area contributed by atoms with Crippen molar-refractivity contribution in [2.24, 2.45) is 0 Å². The van der Waals surface area contributed by atoms with Crippen molar-refractivity contribution in [3.8, 4) is 11.5 Å². The zero-order chi connectivity index (χ0) is 19.2. The minimum absolute atomic E-state index is 0.618. The Labute approximate surface area is 168 Å². The molecule has 1 fully saturated rings. The van der Waals surface area contributed by atoms with E-state index in [1.165, 1.54) is 0 Å². The van der Waals surface area contributed by atoms with Crippen molar-refractivity contribution < 1.29 is 4.74 Å². The first kappa shape index (κ1) is 20.0. The van der Waals surface area contributed by atoms with Crippen molar-refractivity contribution in [3.05, 3.63) is 34.3 Å². The quantitative estimate of drug-likeness (QED) is 0.653. The number of hydrogen-bond acceptors (Lipinski definition) is 5. The zero-order valence-electron chi connectivity index (χ0n) is 15.7. The number of ether oxygens (including phenoxy) is 1. The monoisotopic (exact) mass is 408 g/mol. The molecule has 1 saturated heterocycles. The molecule has 0 radical (unpaired) electrons. The van der Waals surface area contributed by atoms with E-state index in [1.54, 1.807) is 0 Å². The molecule has 0 spiro atoms. The van der Waals surface area contributed by atoms with Gasteiger partial charge in [0.1, 0.15) is 11.3 Å². The number of rotatable bonds is 5. The fraction of sp³-hybridized carbons (Fsp3) is 0.500. The molecule has 0 saturated carbocycles. The van der Waals surface area contributed by atoms with Crippen molar-refractivity contribution in [2.45, 2.75) is 26.8 Å². The second-order valence-electron chi connectivity index (χ2n) is 6.05. The summed E-state index contributed by atoms with van der Waals surface area (Å²) in [6, 6.07) is 3.66. The first-order valence-electron chi connectivity index (χ1n) is 9.31. The average Bonchev–Trinajstić information content (AvgIpc) is 3.27. The molecule has 0 unspecified atom stereocenters. The highest BCUT2D eigenvalue weighted by molar-refractivity contribution is 7.71. The average molecular weight is 409 g/mol. The van der Waals surface area contributed by atoms with Crippen LogP contribution in [0.5, 0.6) is 0 Å². The molecule has 0 aromatic carbocycles. The Morgan fingerprint density at radius 1 is 1.26 bits per heavy atom. The van der Waals surface area contributed by atoms with E-state index in [9.17, 15) is 0 Å². The van der Waals surface area contributed by atoms with Crippen LogP contribution >= 0.6 is 23.8 Å². The van der Waals surface area contributed by atoms with E-state index < -0.39 is 0 Å². The maximum Gasteiger partial charge on any atom is 0.195 e. The SMILES string of the molecule is CC.S=c1[nH]nc(-c2cn3ccc(Cl)cc3n2)n1CCCN1CCOCC1. The summed E-state index contributed by atoms with van der Waals surface area (Å²) in [7, 11) is 0. The van der Waals surface area contributed by atoms with Gasteiger partial charge in [0.25, 0.3) is 0 Å². The van der Waals surface area contributed by atoms with Crippen molar-refractivity contribution in [1.82, 2.24) is 29.0 Å². The van der Waals surface area contributed by atoms with Crippen LogP contribution in [0, 0.1) is 4.77 Å². The van der Waals surface area contributed by atoms with Gasteiger partial charge in [0.2, 0.25) is 0 Å². The van der Waals surface area contributed by atoms with Gasteiger partial charge in [-0.3, -0.25) is 14.6 Å². The minimum Gasteiger partial charge on any atom is -0.379 e. The van der Waals surface area contributed by atoms with Crippen LogP contribution in [0.2, 0.25) is 5.02 Å². The van der Waals surface area contributed by atoms with Crippen LogP contribution in [0.3, 0.4) is 0 Å². The van der Waals surface area contributed by atoms with E-state index >= 15 is 0 Å². The van der Waals surface area contributed by atoms with Crippen LogP contribution in [0.25, 0.3) is 17.2 Å². The van der Waals surface area contributed by atoms with Gasteiger partial charge in [0, 0.05) is 49.7 Å². The fourth-order valence-corrected chi connectivity index (χ4v) is 3.44. The lowest BCUT2D eigenvalue weighted by Gasteiger charge is -2.26. The Morgan fingerprint density at radius 2 is 2.04 bits per heavy atom. The van der Waals surface area contributed by atoms with E-state index in [2.05, 4.69) is 20.1 Å². The topological polar surface area (TPSA) is 63.4 Å². The third-order valence-electron chi connectivity index (χ3n) is 4.37. The van der Waals surface area contributed by atoms with Gasteiger partial charge in [-0.05, 0) is 24.7 Å². The Bertz CT molecular complexity index is 927. The summed E-state index contributed by atoms with van der Waals surface area (Å²) in [6.07, 6.45) is 4.83. The largest absolute Gasteiger partial charge is 0.379 e. The van der Waals surface area contributed by atoms with Crippen LogP contribution < -0.4 is 0 Å². The highest BCUT2D eigenvalue weighted by atomic mass is 35.5. The second kappa shape index (κ2) is 9.45. The molecular weight excluding hydrogens is 384 g/mol. The summed E-state index contributed by atoms with van der Waals surface area (Å²) in [5, 5.41) is 7.92. The molecule has 3 aromatic rings. The normalized spacial score (nSPS) is 14.9. The summed E-state index contributed by atoms with van der Waals surface area (Å²) in [5.74, 6) is 0.756. The van der Waals surface area contributed by atoms with Crippen LogP contribution in [0.4, 0.5) is 0 Å². The smallest absolute Gasteiger partial charge is 0.195 e. The molecule has 4 rings (SSSR count). The molecule has 4 heterocycles. The number of nitrogens with one attached hydrogen (secondary N) is 1. The third-order valence-corrected chi connectivity index (χ3v) is 4.92. The molecule has 146 valence electrons. The summed E-state index contributed by atoms with van der Waals surface area (Å²) in [5.41, 5.74) is 1.57. The lowest BCUT2D eigenvalue weighted by atomic mass is 10.3. The molecule has 0 atom stereocenters. The number of aromatic amines is 1. The molecule has 1 N–H and O–H groups in total. The summed E-state index contributed by atoms with van der Waals surface area (Å²) >= 11 is 11.4. The van der Waals surface area contributed by atoms with E-state index in [1.807, 2.05) is 47.3 Å². The zero-order valence-corrected chi connectivity index (χ0v) is 17.3. The molecule has 0 bridgehead atoms. The second-order valence-corrected chi connectivity index (χ2v) is 6.87. The molecule has 9 heteroatoms. The molecule has 1 aliphatic heterocycles. The van der Waals surface area contributed by atoms with Crippen molar-refractivity contribution in [2.75, 3.05) is 32.8 Å². The van der Waals surface area contributed by atoms with Gasteiger partial charge in [-0.1, -0.05) is 25.4 Å². The first-order valence-corrected chi connectivity index (χ1v) is 10.1. The van der Waals surface area contributed by atoms with Gasteiger partial charge >= 0.3 is 0 Å². The van der Waals surface area contributed by atoms with Crippen molar-refractivity contribution in [1.29, 1.82) is 0 Å². The number of fused-ring (bicyclic) bond motifs is 1. The predicted molar refractivity (Wildman–Crippen MR) is 110 cm³/mol. The van der Waals surface area contributed by atoms with Crippen molar-refractivity contribution in [3.63, 3.8) is 0 Å². The van der Waals surface area contributed by atoms with E-state index in [-0.39, 0.29) is 0 Å². The molecule has 27 heavy (non-hydrogen) atoms. The summed E-state index contributed by atoms with van der Waals surface area (Å²) < 4.78 is 9.94. The van der Waals surface area contributed by atoms with E-state index in [0.717, 1.165) is 63.0 Å². The Kier molecular flexibility index (Phi) is 7.01. The highest BCUT2D eigenvalue weighted by Gasteiger charge is 2.14. The van der Waals surface area contributed by atoms with Crippen LogP contribution in [-0.2, 0) is 11.3 Å². The molecular formula is C18H25ClN6OS. The standard InChI is InChI=1S/C16H19ClN6OS.C2H6/c17-12-2-5-22-11-13(18-14(22)10-12)15-19-20-16(25)23(15)4-1-3-21-6-8-24-9-7-21;1-2/h2,5,10-11H,1,3-4,6-9H2,(H,20,25);1-2H3. The van der Waals surface area contributed by atoms with Crippen LogP contribution in [0.15, 0.2) is 24.5 Å². The predicted octanol–water partition coefficient (Wildman–Crippen LogP) is 3.66. The molecule has 0 aliphatic carbocycles. The Hall–Kier alpha value is -1.74. The number of hydrogen-bond donors (Lipinski definition) is 1. The minimum atomic E-state index is 0.618. The van der Waals surface area contributed by atoms with Gasteiger partial charge in [0.05, 0.1) is 13.2 Å². The molecule has 0 amide bonds. The first-order chi connectivity index (χ1) is 13.2. The molecule has 1 aliphatic rings. The number of aromatic nitrogens is 5. The molecule has 7 nitrogen and oxygen atoms in total. The lowest BCUT2D eigenvalue weighted by Crippen LogP contribution is -2.37. The summed E-state index contributed by atoms with van der Waals surface area (Å²) in [6.45, 7) is 9.46. The van der Waals surface area contributed by atoms with Gasteiger partial charge < -0.3 is 9.14 Å². The number of morpholine rings is 1. The number of pyridine rings is 1.